The van der Waals surface area contributed by atoms with E-state index in [1.54, 1.807) is 13.8 Å². The third kappa shape index (κ3) is 6.56. The van der Waals surface area contributed by atoms with E-state index in [0.717, 1.165) is 11.1 Å². The predicted octanol–water partition coefficient (Wildman–Crippen LogP) is 5.20. The lowest BCUT2D eigenvalue weighted by molar-refractivity contribution is -0.156. The SMILES string of the molecule is CC[C@H](C)C(=O)/C=C(\O)[C@@]1(CC=C(C)C)C[C@@H]([C@@](C)(O)CCC=C(C)C)OC1=O. The molecular weight excluding hydrogens is 368 g/mol. The molecule has 5 heteroatoms. The Balaban J connectivity index is 3.22. The number of esters is 1. The van der Waals surface area contributed by atoms with Crippen LogP contribution in [0.4, 0.5) is 0 Å². The Bertz CT molecular complexity index is 690. The molecule has 1 fully saturated rings. The molecule has 0 spiro atoms. The number of cyclic esters (lactones) is 1. The second kappa shape index (κ2) is 10.2. The van der Waals surface area contributed by atoms with Crippen molar-refractivity contribution in [2.45, 2.75) is 92.3 Å². The summed E-state index contributed by atoms with van der Waals surface area (Å²) < 4.78 is 5.57. The Morgan fingerprint density at radius 1 is 1.28 bits per heavy atom. The first kappa shape index (κ1) is 25.2. The zero-order valence-electron chi connectivity index (χ0n) is 19.0. The van der Waals surface area contributed by atoms with Gasteiger partial charge in [0.1, 0.15) is 17.3 Å². The van der Waals surface area contributed by atoms with Crippen LogP contribution in [-0.2, 0) is 14.3 Å². The number of allylic oxidation sites excluding steroid dienone is 5. The van der Waals surface area contributed by atoms with Crippen molar-refractivity contribution in [2.75, 3.05) is 0 Å². The number of hydrogen-bond donors (Lipinski definition) is 2. The number of carbonyl (C=O) groups is 2. The smallest absolute Gasteiger partial charge is 0.320 e. The lowest BCUT2D eigenvalue weighted by Crippen LogP contribution is -2.39. The second-order valence-electron chi connectivity index (χ2n) is 9.08. The highest BCUT2D eigenvalue weighted by molar-refractivity contribution is 5.93. The molecule has 0 bridgehead atoms. The molecule has 1 saturated heterocycles. The minimum atomic E-state index is -1.34. The van der Waals surface area contributed by atoms with Crippen LogP contribution in [0.15, 0.2) is 35.1 Å². The van der Waals surface area contributed by atoms with E-state index in [2.05, 4.69) is 0 Å². The van der Waals surface area contributed by atoms with Crippen LogP contribution in [0.1, 0.15) is 80.6 Å². The molecule has 0 unspecified atom stereocenters. The maximum atomic E-state index is 12.9. The summed E-state index contributed by atoms with van der Waals surface area (Å²) in [4.78, 5) is 25.3. The van der Waals surface area contributed by atoms with Crippen LogP contribution in [0.25, 0.3) is 0 Å². The topological polar surface area (TPSA) is 83.8 Å². The second-order valence-corrected chi connectivity index (χ2v) is 9.08. The zero-order valence-corrected chi connectivity index (χ0v) is 19.0. The van der Waals surface area contributed by atoms with Gasteiger partial charge in [0.25, 0.3) is 0 Å². The zero-order chi connectivity index (χ0) is 22.4. The van der Waals surface area contributed by atoms with Crippen LogP contribution in [0.2, 0.25) is 0 Å². The fraction of sp³-hybridized carbons (Fsp3) is 0.667. The van der Waals surface area contributed by atoms with Crippen LogP contribution in [-0.4, -0.2) is 33.7 Å². The average molecular weight is 407 g/mol. The molecule has 0 amide bonds. The molecule has 5 nitrogen and oxygen atoms in total. The molecule has 0 aromatic carbocycles. The van der Waals surface area contributed by atoms with Crippen molar-refractivity contribution in [3.63, 3.8) is 0 Å². The number of ether oxygens (including phenoxy) is 1. The lowest BCUT2D eigenvalue weighted by atomic mass is 9.75. The standard InChI is InChI=1S/C24H38O5/c1-8-18(6)19(25)14-20(26)24(13-11-17(4)5)15-21(29-22(24)27)23(7,28)12-9-10-16(2)3/h10-11,14,18,21,26,28H,8-9,12-13,15H2,1-7H3/b20-14-/t18-,21-,23-,24+/m0/s1. The Hall–Kier alpha value is -1.88. The molecule has 4 atom stereocenters. The van der Waals surface area contributed by atoms with Crippen LogP contribution in [0.3, 0.4) is 0 Å². The van der Waals surface area contributed by atoms with Gasteiger partial charge in [0.2, 0.25) is 0 Å². The van der Waals surface area contributed by atoms with E-state index in [0.29, 0.717) is 19.3 Å². The summed E-state index contributed by atoms with van der Waals surface area (Å²) in [6.07, 6.45) is 6.43. The van der Waals surface area contributed by atoms with Gasteiger partial charge in [-0.05, 0) is 60.3 Å². The van der Waals surface area contributed by atoms with Crippen molar-refractivity contribution in [3.05, 3.63) is 35.1 Å². The number of aliphatic hydroxyl groups is 2. The highest BCUT2D eigenvalue weighted by Crippen LogP contribution is 2.46. The first-order valence-corrected chi connectivity index (χ1v) is 10.5. The van der Waals surface area contributed by atoms with E-state index in [1.807, 2.05) is 46.8 Å². The number of carbonyl (C=O) groups excluding carboxylic acids is 2. The molecule has 1 aliphatic rings. The lowest BCUT2D eigenvalue weighted by Gasteiger charge is -2.29. The molecular formula is C24H38O5. The molecule has 29 heavy (non-hydrogen) atoms. The van der Waals surface area contributed by atoms with Gasteiger partial charge >= 0.3 is 5.97 Å². The van der Waals surface area contributed by atoms with Crippen molar-refractivity contribution in [2.24, 2.45) is 11.3 Å². The quantitative estimate of drug-likeness (QED) is 0.225. The van der Waals surface area contributed by atoms with Gasteiger partial charge in [0.05, 0.1) is 5.60 Å². The number of rotatable bonds is 10. The summed E-state index contributed by atoms with van der Waals surface area (Å²) in [6.45, 7) is 13.1. The van der Waals surface area contributed by atoms with Crippen LogP contribution < -0.4 is 0 Å². The van der Waals surface area contributed by atoms with Crippen molar-refractivity contribution in [1.29, 1.82) is 0 Å². The molecule has 1 rings (SSSR count). The molecule has 0 aromatic heterocycles. The molecule has 164 valence electrons. The van der Waals surface area contributed by atoms with Crippen molar-refractivity contribution >= 4 is 11.8 Å². The summed E-state index contributed by atoms with van der Waals surface area (Å²) in [7, 11) is 0. The third-order valence-corrected chi connectivity index (χ3v) is 5.80. The van der Waals surface area contributed by atoms with Gasteiger partial charge in [0.15, 0.2) is 5.78 Å². The summed E-state index contributed by atoms with van der Waals surface area (Å²) in [5, 5.41) is 21.8. The number of ketones is 1. The van der Waals surface area contributed by atoms with Gasteiger partial charge in [-0.2, -0.15) is 0 Å². The summed E-state index contributed by atoms with van der Waals surface area (Å²) in [5.41, 5.74) is -0.413. The van der Waals surface area contributed by atoms with E-state index in [-0.39, 0.29) is 30.3 Å². The molecule has 0 saturated carbocycles. The predicted molar refractivity (Wildman–Crippen MR) is 115 cm³/mol. The first-order chi connectivity index (χ1) is 13.4. The van der Waals surface area contributed by atoms with Crippen molar-refractivity contribution in [1.82, 2.24) is 0 Å². The van der Waals surface area contributed by atoms with Crippen molar-refractivity contribution in [3.8, 4) is 0 Å². The molecule has 1 aliphatic heterocycles. The Morgan fingerprint density at radius 3 is 2.38 bits per heavy atom. The molecule has 1 heterocycles. The van der Waals surface area contributed by atoms with Gasteiger partial charge in [-0.15, -0.1) is 0 Å². The summed E-state index contributed by atoms with van der Waals surface area (Å²) in [6, 6.07) is 0. The maximum Gasteiger partial charge on any atom is 0.320 e. The first-order valence-electron chi connectivity index (χ1n) is 10.5. The van der Waals surface area contributed by atoms with Gasteiger partial charge < -0.3 is 14.9 Å². The van der Waals surface area contributed by atoms with Gasteiger partial charge in [0, 0.05) is 18.4 Å². The summed E-state index contributed by atoms with van der Waals surface area (Å²) in [5.74, 6) is -1.31. The van der Waals surface area contributed by atoms with Crippen molar-refractivity contribution < 1.29 is 24.5 Å². The number of hydrogen-bond acceptors (Lipinski definition) is 5. The van der Waals surface area contributed by atoms with Gasteiger partial charge in [-0.3, -0.25) is 9.59 Å². The fourth-order valence-corrected chi connectivity index (χ4v) is 3.32. The van der Waals surface area contributed by atoms with Gasteiger partial charge in [-0.25, -0.2) is 0 Å². The third-order valence-electron chi connectivity index (χ3n) is 5.80. The maximum absolute atomic E-state index is 12.9. The fourth-order valence-electron chi connectivity index (χ4n) is 3.32. The largest absolute Gasteiger partial charge is 0.511 e. The van der Waals surface area contributed by atoms with E-state index in [4.69, 9.17) is 4.74 Å². The normalized spacial score (nSPS) is 25.0. The summed E-state index contributed by atoms with van der Waals surface area (Å²) >= 11 is 0. The molecule has 0 radical (unpaired) electrons. The van der Waals surface area contributed by atoms with Crippen LogP contribution >= 0.6 is 0 Å². The number of aliphatic hydroxyl groups excluding tert-OH is 1. The van der Waals surface area contributed by atoms with Gasteiger partial charge in [-0.1, -0.05) is 37.1 Å². The average Bonchev–Trinajstić information content (AvgIpc) is 2.97. The van der Waals surface area contributed by atoms with E-state index < -0.39 is 23.1 Å². The van der Waals surface area contributed by atoms with E-state index in [1.165, 1.54) is 6.08 Å². The Kier molecular flexibility index (Phi) is 8.88. The van der Waals surface area contributed by atoms with E-state index >= 15 is 0 Å². The molecule has 2 N–H and O–H groups in total. The Morgan fingerprint density at radius 2 is 1.86 bits per heavy atom. The highest BCUT2D eigenvalue weighted by Gasteiger charge is 2.56. The molecule has 0 aliphatic carbocycles. The monoisotopic (exact) mass is 406 g/mol. The minimum absolute atomic E-state index is 0.132. The van der Waals surface area contributed by atoms with Crippen LogP contribution in [0, 0.1) is 11.3 Å². The highest BCUT2D eigenvalue weighted by atomic mass is 16.6. The Labute approximate surface area is 175 Å². The van der Waals surface area contributed by atoms with E-state index in [9.17, 15) is 19.8 Å². The molecule has 0 aromatic rings. The minimum Gasteiger partial charge on any atom is -0.511 e. The van der Waals surface area contributed by atoms with Crippen LogP contribution in [0.5, 0.6) is 0 Å².